The van der Waals surface area contributed by atoms with Crippen LogP contribution in [0.1, 0.15) is 38.9 Å². The van der Waals surface area contributed by atoms with Crippen molar-refractivity contribution >= 4 is 29.1 Å². The summed E-state index contributed by atoms with van der Waals surface area (Å²) in [7, 11) is 1.59. The number of hydrogen-bond donors (Lipinski definition) is 1. The van der Waals surface area contributed by atoms with E-state index in [1.54, 1.807) is 26.2 Å². The monoisotopic (exact) mass is 329 g/mol. The van der Waals surface area contributed by atoms with E-state index in [0.717, 1.165) is 12.0 Å². The molecule has 3 nitrogen and oxygen atoms in total. The van der Waals surface area contributed by atoms with E-state index in [1.165, 1.54) is 0 Å². The highest BCUT2D eigenvalue weighted by Crippen LogP contribution is 2.30. The van der Waals surface area contributed by atoms with E-state index in [0.29, 0.717) is 15.6 Å². The van der Waals surface area contributed by atoms with Gasteiger partial charge in [-0.3, -0.25) is 4.79 Å². The van der Waals surface area contributed by atoms with Crippen LogP contribution in [0, 0.1) is 0 Å². The van der Waals surface area contributed by atoms with Gasteiger partial charge in [0.05, 0.1) is 6.04 Å². The summed E-state index contributed by atoms with van der Waals surface area (Å²) in [4.78, 5) is 12.0. The Hall–Kier alpha value is -1.03. The van der Waals surface area contributed by atoms with Crippen molar-refractivity contribution in [2.75, 3.05) is 7.11 Å². The highest BCUT2D eigenvalue weighted by atomic mass is 35.5. The number of carbonyl (C=O) groups excluding carboxylic acids is 1. The summed E-state index contributed by atoms with van der Waals surface area (Å²) < 4.78 is 5.50. The molecule has 0 radical (unpaired) electrons. The fourth-order valence-electron chi connectivity index (χ4n) is 2.13. The fraction of sp³-hybridized carbons (Fsp3) is 0.438. The maximum Gasteiger partial charge on any atom is 0.246 e. The predicted molar refractivity (Wildman–Crippen MR) is 87.9 cm³/mol. The maximum absolute atomic E-state index is 12.0. The molecule has 0 saturated heterocycles. The average molecular weight is 330 g/mol. The lowest BCUT2D eigenvalue weighted by atomic mass is 10.0. The first kappa shape index (κ1) is 18.0. The third-order valence-corrected chi connectivity index (χ3v) is 3.77. The fourth-order valence-corrected chi connectivity index (χ4v) is 2.64. The van der Waals surface area contributed by atoms with Crippen LogP contribution >= 0.6 is 23.2 Å². The van der Waals surface area contributed by atoms with Gasteiger partial charge in [-0.15, -0.1) is 0 Å². The standard InChI is InChI=1S/C16H21Cl2NO2/c1-5-6-10(2)16(20)19-11(3)15(21-4)13-8-7-12(17)9-14(13)18/h6-9,11,15H,5H2,1-4H3,(H,19,20). The van der Waals surface area contributed by atoms with Gasteiger partial charge < -0.3 is 10.1 Å². The number of ether oxygens (including phenoxy) is 1. The first-order chi connectivity index (χ1) is 9.90. The number of rotatable bonds is 6. The highest BCUT2D eigenvalue weighted by molar-refractivity contribution is 6.35. The van der Waals surface area contributed by atoms with Gasteiger partial charge in [-0.05, 0) is 32.4 Å². The van der Waals surface area contributed by atoms with Crippen LogP contribution in [-0.2, 0) is 9.53 Å². The molecule has 0 saturated carbocycles. The van der Waals surface area contributed by atoms with Crippen LogP contribution in [-0.4, -0.2) is 19.1 Å². The lowest BCUT2D eigenvalue weighted by Gasteiger charge is -2.25. The molecule has 2 atom stereocenters. The second-order valence-corrected chi connectivity index (χ2v) is 5.72. The summed E-state index contributed by atoms with van der Waals surface area (Å²) in [6.07, 6.45) is 2.37. The largest absolute Gasteiger partial charge is 0.375 e. The molecule has 1 aromatic rings. The second-order valence-electron chi connectivity index (χ2n) is 4.88. The van der Waals surface area contributed by atoms with Crippen molar-refractivity contribution in [1.29, 1.82) is 0 Å². The molecular weight excluding hydrogens is 309 g/mol. The predicted octanol–water partition coefficient (Wildman–Crippen LogP) is 4.54. The molecule has 0 aliphatic rings. The SMILES string of the molecule is CCC=C(C)C(=O)NC(C)C(OC)c1ccc(Cl)cc1Cl. The number of halogens is 2. The van der Waals surface area contributed by atoms with E-state index in [9.17, 15) is 4.79 Å². The zero-order chi connectivity index (χ0) is 16.0. The zero-order valence-corrected chi connectivity index (χ0v) is 14.3. The summed E-state index contributed by atoms with van der Waals surface area (Å²) in [5.74, 6) is -0.100. The molecule has 0 bridgehead atoms. The summed E-state index contributed by atoms with van der Waals surface area (Å²) in [6.45, 7) is 5.67. The van der Waals surface area contributed by atoms with E-state index in [2.05, 4.69) is 5.32 Å². The zero-order valence-electron chi connectivity index (χ0n) is 12.7. The second kappa shape index (κ2) is 8.42. The van der Waals surface area contributed by atoms with Crippen LogP contribution in [0.3, 0.4) is 0 Å². The topological polar surface area (TPSA) is 38.3 Å². The lowest BCUT2D eigenvalue weighted by Crippen LogP contribution is -2.38. The third-order valence-electron chi connectivity index (χ3n) is 3.20. The number of benzene rings is 1. The number of methoxy groups -OCH3 is 1. The summed E-state index contributed by atoms with van der Waals surface area (Å²) in [6, 6.07) is 5.02. The third kappa shape index (κ3) is 5.03. The van der Waals surface area contributed by atoms with Crippen LogP contribution in [0.5, 0.6) is 0 Å². The molecule has 0 aliphatic heterocycles. The van der Waals surface area contributed by atoms with Crippen LogP contribution in [0.15, 0.2) is 29.8 Å². The molecule has 1 amide bonds. The number of amides is 1. The van der Waals surface area contributed by atoms with Gasteiger partial charge in [0.15, 0.2) is 0 Å². The van der Waals surface area contributed by atoms with Gasteiger partial charge in [0.2, 0.25) is 5.91 Å². The van der Waals surface area contributed by atoms with Gasteiger partial charge in [0, 0.05) is 28.3 Å². The van der Waals surface area contributed by atoms with Gasteiger partial charge >= 0.3 is 0 Å². The number of carbonyl (C=O) groups is 1. The van der Waals surface area contributed by atoms with Crippen molar-refractivity contribution in [2.24, 2.45) is 0 Å². The Morgan fingerprint density at radius 3 is 2.62 bits per heavy atom. The van der Waals surface area contributed by atoms with E-state index in [1.807, 2.05) is 26.0 Å². The molecule has 1 N–H and O–H groups in total. The molecule has 0 aliphatic carbocycles. The Morgan fingerprint density at radius 2 is 2.10 bits per heavy atom. The van der Waals surface area contributed by atoms with E-state index in [-0.39, 0.29) is 18.1 Å². The summed E-state index contributed by atoms with van der Waals surface area (Å²) in [5.41, 5.74) is 1.50. The first-order valence-electron chi connectivity index (χ1n) is 6.86. The van der Waals surface area contributed by atoms with Crippen LogP contribution < -0.4 is 5.32 Å². The molecule has 1 aromatic carbocycles. The number of allylic oxidation sites excluding steroid dienone is 1. The Kier molecular flexibility index (Phi) is 7.23. The van der Waals surface area contributed by atoms with Gasteiger partial charge in [-0.25, -0.2) is 0 Å². The summed E-state index contributed by atoms with van der Waals surface area (Å²) in [5, 5.41) is 4.02. The van der Waals surface area contributed by atoms with Crippen molar-refractivity contribution in [3.63, 3.8) is 0 Å². The van der Waals surface area contributed by atoms with Crippen molar-refractivity contribution in [3.8, 4) is 0 Å². The highest BCUT2D eigenvalue weighted by Gasteiger charge is 2.23. The Bertz CT molecular complexity index is 529. The molecule has 0 aromatic heterocycles. The molecule has 1 rings (SSSR count). The van der Waals surface area contributed by atoms with Crippen LogP contribution in [0.2, 0.25) is 10.0 Å². The van der Waals surface area contributed by atoms with Gasteiger partial charge in [-0.2, -0.15) is 0 Å². The molecule has 0 heterocycles. The molecule has 21 heavy (non-hydrogen) atoms. The molecule has 0 spiro atoms. The molecule has 116 valence electrons. The minimum absolute atomic E-state index is 0.100. The number of nitrogens with one attached hydrogen (secondary N) is 1. The molecule has 0 fully saturated rings. The molecular formula is C16H21Cl2NO2. The average Bonchev–Trinajstić information content (AvgIpc) is 2.42. The van der Waals surface area contributed by atoms with E-state index in [4.69, 9.17) is 27.9 Å². The quantitative estimate of drug-likeness (QED) is 0.778. The van der Waals surface area contributed by atoms with Crippen molar-refractivity contribution in [3.05, 3.63) is 45.5 Å². The van der Waals surface area contributed by atoms with Gasteiger partial charge in [0.25, 0.3) is 0 Å². The van der Waals surface area contributed by atoms with E-state index >= 15 is 0 Å². The Labute approximate surface area is 136 Å². The number of hydrogen-bond acceptors (Lipinski definition) is 2. The normalized spacial score (nSPS) is 14.7. The van der Waals surface area contributed by atoms with E-state index < -0.39 is 0 Å². The van der Waals surface area contributed by atoms with Crippen molar-refractivity contribution in [1.82, 2.24) is 5.32 Å². The maximum atomic E-state index is 12.0. The van der Waals surface area contributed by atoms with Gasteiger partial charge in [-0.1, -0.05) is 42.3 Å². The lowest BCUT2D eigenvalue weighted by molar-refractivity contribution is -0.119. The summed E-state index contributed by atoms with van der Waals surface area (Å²) >= 11 is 12.1. The smallest absolute Gasteiger partial charge is 0.246 e. The van der Waals surface area contributed by atoms with Crippen molar-refractivity contribution in [2.45, 2.75) is 39.3 Å². The minimum atomic E-state index is -0.340. The first-order valence-corrected chi connectivity index (χ1v) is 7.61. The molecule has 2 unspecified atom stereocenters. The van der Waals surface area contributed by atoms with Crippen LogP contribution in [0.4, 0.5) is 0 Å². The minimum Gasteiger partial charge on any atom is -0.375 e. The van der Waals surface area contributed by atoms with Crippen molar-refractivity contribution < 1.29 is 9.53 Å². The Balaban J connectivity index is 2.89. The Morgan fingerprint density at radius 1 is 1.43 bits per heavy atom. The van der Waals surface area contributed by atoms with Crippen LogP contribution in [0.25, 0.3) is 0 Å². The molecule has 5 heteroatoms. The van der Waals surface area contributed by atoms with Gasteiger partial charge in [0.1, 0.15) is 6.10 Å².